The zero-order valence-corrected chi connectivity index (χ0v) is 15.2. The molecule has 0 amide bonds. The van der Waals surface area contributed by atoms with Gasteiger partial charge >= 0.3 is 0 Å². The summed E-state index contributed by atoms with van der Waals surface area (Å²) in [6, 6.07) is 11.2. The van der Waals surface area contributed by atoms with Crippen LogP contribution in [0.2, 0.25) is 5.02 Å². The molecule has 6 heteroatoms. The van der Waals surface area contributed by atoms with Crippen molar-refractivity contribution >= 4 is 17.4 Å². The van der Waals surface area contributed by atoms with Crippen molar-refractivity contribution in [3.05, 3.63) is 47.2 Å². The highest BCUT2D eigenvalue weighted by molar-refractivity contribution is 6.30. The van der Waals surface area contributed by atoms with Gasteiger partial charge in [0.1, 0.15) is 12.1 Å². The number of rotatable bonds is 6. The summed E-state index contributed by atoms with van der Waals surface area (Å²) in [4.78, 5) is 13.6. The minimum Gasteiger partial charge on any atom is -0.481 e. The molecular formula is C19H23ClN4O. The summed E-state index contributed by atoms with van der Waals surface area (Å²) in [7, 11) is 1.65. The van der Waals surface area contributed by atoms with E-state index in [1.165, 1.54) is 18.4 Å². The first kappa shape index (κ1) is 16.6. The first-order valence-electron chi connectivity index (χ1n) is 8.84. The fourth-order valence-corrected chi connectivity index (χ4v) is 3.90. The predicted octanol–water partition coefficient (Wildman–Crippen LogP) is 3.38. The molecule has 2 aliphatic rings. The van der Waals surface area contributed by atoms with Crippen LogP contribution in [0.4, 0.5) is 5.82 Å². The van der Waals surface area contributed by atoms with Crippen molar-refractivity contribution in [2.75, 3.05) is 25.1 Å². The number of hydrogen-bond donors (Lipinski definition) is 0. The van der Waals surface area contributed by atoms with E-state index >= 15 is 0 Å². The number of likely N-dealkylation sites (tertiary alicyclic amines) is 1. The molecule has 25 heavy (non-hydrogen) atoms. The quantitative estimate of drug-likeness (QED) is 0.791. The van der Waals surface area contributed by atoms with Gasteiger partial charge in [0.05, 0.1) is 7.11 Å². The average Bonchev–Trinajstić information content (AvgIpc) is 3.35. The predicted molar refractivity (Wildman–Crippen MR) is 99.2 cm³/mol. The highest BCUT2D eigenvalue weighted by Crippen LogP contribution is 2.35. The molecule has 2 heterocycles. The topological polar surface area (TPSA) is 41.5 Å². The number of benzene rings is 1. The maximum Gasteiger partial charge on any atom is 0.218 e. The molecule has 1 atom stereocenters. The van der Waals surface area contributed by atoms with Crippen LogP contribution in [-0.2, 0) is 6.54 Å². The van der Waals surface area contributed by atoms with Gasteiger partial charge in [-0.25, -0.2) is 9.97 Å². The van der Waals surface area contributed by atoms with Crippen LogP contribution in [0.5, 0.6) is 5.88 Å². The molecule has 1 aromatic heterocycles. The summed E-state index contributed by atoms with van der Waals surface area (Å²) in [5.41, 5.74) is 1.27. The molecule has 132 valence electrons. The van der Waals surface area contributed by atoms with E-state index in [1.54, 1.807) is 13.4 Å². The third kappa shape index (κ3) is 3.88. The minimum atomic E-state index is 0.492. The van der Waals surface area contributed by atoms with Crippen molar-refractivity contribution < 1.29 is 4.74 Å². The smallest absolute Gasteiger partial charge is 0.218 e. The van der Waals surface area contributed by atoms with Gasteiger partial charge in [-0.1, -0.05) is 23.7 Å². The number of nitrogens with zero attached hydrogens (tertiary/aromatic N) is 4. The molecule has 4 rings (SSSR count). The molecule has 2 aromatic rings. The van der Waals surface area contributed by atoms with Crippen molar-refractivity contribution in [2.24, 2.45) is 0 Å². The Labute approximate surface area is 153 Å². The van der Waals surface area contributed by atoms with E-state index in [2.05, 4.69) is 31.9 Å². The van der Waals surface area contributed by atoms with E-state index < -0.39 is 0 Å². The normalized spacial score (nSPS) is 20.6. The van der Waals surface area contributed by atoms with Crippen LogP contribution in [0, 0.1) is 0 Å². The fourth-order valence-electron chi connectivity index (χ4n) is 3.68. The summed E-state index contributed by atoms with van der Waals surface area (Å²) < 4.78 is 5.28. The van der Waals surface area contributed by atoms with Gasteiger partial charge in [-0.2, -0.15) is 0 Å². The van der Waals surface area contributed by atoms with Gasteiger partial charge < -0.3 is 9.64 Å². The number of halogens is 1. The summed E-state index contributed by atoms with van der Waals surface area (Å²) in [6.07, 6.45) is 5.25. The van der Waals surface area contributed by atoms with E-state index in [9.17, 15) is 0 Å². The Balaban J connectivity index is 1.46. The van der Waals surface area contributed by atoms with E-state index in [-0.39, 0.29) is 0 Å². The molecule has 5 nitrogen and oxygen atoms in total. The first-order valence-corrected chi connectivity index (χ1v) is 9.22. The van der Waals surface area contributed by atoms with Crippen LogP contribution >= 0.6 is 11.6 Å². The molecule has 1 aliphatic heterocycles. The largest absolute Gasteiger partial charge is 0.481 e. The zero-order valence-electron chi connectivity index (χ0n) is 14.4. The van der Waals surface area contributed by atoms with Crippen LogP contribution in [0.25, 0.3) is 0 Å². The molecule has 1 saturated heterocycles. The maximum absolute atomic E-state index is 6.12. The number of hydrogen-bond acceptors (Lipinski definition) is 5. The van der Waals surface area contributed by atoms with Crippen LogP contribution in [-0.4, -0.2) is 47.2 Å². The van der Waals surface area contributed by atoms with Crippen LogP contribution in [0.15, 0.2) is 36.7 Å². The Morgan fingerprint density at radius 3 is 2.84 bits per heavy atom. The highest BCUT2D eigenvalue weighted by Gasteiger charge is 2.38. The monoisotopic (exact) mass is 358 g/mol. The first-order chi connectivity index (χ1) is 12.2. The lowest BCUT2D eigenvalue weighted by Crippen LogP contribution is -2.39. The minimum absolute atomic E-state index is 0.492. The third-order valence-electron chi connectivity index (χ3n) is 4.98. The SMILES string of the molecule is COc1cc(N(C2CC2)C2CCN(Cc3cccc(Cl)c3)C2)ncn1. The van der Waals surface area contributed by atoms with Gasteiger partial charge in [0.25, 0.3) is 0 Å². The Bertz CT molecular complexity index is 737. The number of ether oxygens (including phenoxy) is 1. The molecule has 0 radical (unpaired) electrons. The zero-order chi connectivity index (χ0) is 17.2. The van der Waals surface area contributed by atoms with E-state index in [0.717, 1.165) is 36.9 Å². The Morgan fingerprint density at radius 2 is 2.08 bits per heavy atom. The maximum atomic E-state index is 6.12. The summed E-state index contributed by atoms with van der Waals surface area (Å²) in [6.45, 7) is 3.10. The number of aromatic nitrogens is 2. The standard InChI is InChI=1S/C19H23ClN4O/c1-25-19-10-18(21-13-22-19)24(16-5-6-16)17-7-8-23(12-17)11-14-3-2-4-15(20)9-14/h2-4,9-10,13,16-17H,5-8,11-12H2,1H3. The van der Waals surface area contributed by atoms with Gasteiger partial charge in [0.15, 0.2) is 0 Å². The van der Waals surface area contributed by atoms with Gasteiger partial charge in [-0.05, 0) is 37.0 Å². The van der Waals surface area contributed by atoms with Crippen molar-refractivity contribution in [1.82, 2.24) is 14.9 Å². The molecule has 0 bridgehead atoms. The van der Waals surface area contributed by atoms with Crippen LogP contribution in [0.3, 0.4) is 0 Å². The third-order valence-corrected chi connectivity index (χ3v) is 5.21. The second kappa shape index (κ2) is 7.18. The lowest BCUT2D eigenvalue weighted by molar-refractivity contribution is 0.324. The summed E-state index contributed by atoms with van der Waals surface area (Å²) in [5, 5.41) is 0.806. The summed E-state index contributed by atoms with van der Waals surface area (Å²) in [5.74, 6) is 1.62. The molecule has 2 fully saturated rings. The molecule has 0 N–H and O–H groups in total. The van der Waals surface area contributed by atoms with Crippen molar-refractivity contribution in [3.8, 4) is 5.88 Å². The molecule has 1 saturated carbocycles. The second-order valence-corrected chi connectivity index (χ2v) is 7.30. The molecular weight excluding hydrogens is 336 g/mol. The van der Waals surface area contributed by atoms with Crippen molar-refractivity contribution in [2.45, 2.75) is 37.9 Å². The number of methoxy groups -OCH3 is 1. The Morgan fingerprint density at radius 1 is 1.20 bits per heavy atom. The van der Waals surface area contributed by atoms with Gasteiger partial charge in [0, 0.05) is 42.8 Å². The van der Waals surface area contributed by atoms with Crippen molar-refractivity contribution in [1.29, 1.82) is 0 Å². The Hall–Kier alpha value is -1.85. The van der Waals surface area contributed by atoms with Crippen LogP contribution in [0.1, 0.15) is 24.8 Å². The van der Waals surface area contributed by atoms with Crippen molar-refractivity contribution in [3.63, 3.8) is 0 Å². The molecule has 1 aliphatic carbocycles. The summed E-state index contributed by atoms with van der Waals surface area (Å²) >= 11 is 6.12. The second-order valence-electron chi connectivity index (χ2n) is 6.86. The highest BCUT2D eigenvalue weighted by atomic mass is 35.5. The van der Waals surface area contributed by atoms with Gasteiger partial charge in [0.2, 0.25) is 5.88 Å². The van der Waals surface area contributed by atoms with Gasteiger partial charge in [-0.3, -0.25) is 4.90 Å². The fraction of sp³-hybridized carbons (Fsp3) is 0.474. The average molecular weight is 359 g/mol. The lowest BCUT2D eigenvalue weighted by atomic mass is 10.2. The lowest BCUT2D eigenvalue weighted by Gasteiger charge is -2.30. The number of anilines is 1. The van der Waals surface area contributed by atoms with Gasteiger partial charge in [-0.15, -0.1) is 0 Å². The molecule has 1 unspecified atom stereocenters. The van der Waals surface area contributed by atoms with Crippen LogP contribution < -0.4 is 9.64 Å². The molecule has 1 aromatic carbocycles. The van der Waals surface area contributed by atoms with E-state index in [0.29, 0.717) is 18.0 Å². The molecule has 0 spiro atoms. The van der Waals surface area contributed by atoms with E-state index in [4.69, 9.17) is 16.3 Å². The van der Waals surface area contributed by atoms with E-state index in [1.807, 2.05) is 18.2 Å². The Kier molecular flexibility index (Phi) is 4.77.